The van der Waals surface area contributed by atoms with Gasteiger partial charge in [0.15, 0.2) is 16.3 Å². The van der Waals surface area contributed by atoms with Crippen molar-refractivity contribution in [3.63, 3.8) is 0 Å². The molecule has 0 atom stereocenters. The van der Waals surface area contributed by atoms with Gasteiger partial charge in [0, 0.05) is 12.1 Å². The van der Waals surface area contributed by atoms with Crippen LogP contribution in [0.15, 0.2) is 30.3 Å². The minimum Gasteiger partial charge on any atom is -0.494 e. The first-order valence-corrected chi connectivity index (χ1v) is 6.67. The Morgan fingerprint density at radius 2 is 1.90 bits per heavy atom. The van der Waals surface area contributed by atoms with E-state index >= 15 is 0 Å². The highest BCUT2D eigenvalue weighted by Gasteiger charge is 2.14. The molecule has 0 bridgehead atoms. The third kappa shape index (κ3) is 2.21. The van der Waals surface area contributed by atoms with E-state index in [0.717, 1.165) is 5.56 Å². The van der Waals surface area contributed by atoms with Gasteiger partial charge in [0.2, 0.25) is 0 Å². The quantitative estimate of drug-likeness (QED) is 0.716. The Hall–Kier alpha value is -2.21. The molecule has 0 saturated carbocycles. The van der Waals surface area contributed by atoms with Gasteiger partial charge in [-0.3, -0.25) is 4.57 Å². The SMILES string of the molecule is COc1cc2c(cc1F)[nH]c(=S)n2-c1cc(C)ccc1F. The Kier molecular flexibility index (Phi) is 3.25. The molecule has 0 aliphatic carbocycles. The summed E-state index contributed by atoms with van der Waals surface area (Å²) in [6.45, 7) is 1.86. The molecule has 3 rings (SSSR count). The van der Waals surface area contributed by atoms with Crippen LogP contribution in [-0.4, -0.2) is 16.7 Å². The Morgan fingerprint density at radius 1 is 1.14 bits per heavy atom. The number of nitrogens with one attached hydrogen (secondary N) is 1. The molecule has 1 N–H and O–H groups in total. The van der Waals surface area contributed by atoms with Crippen LogP contribution in [0.3, 0.4) is 0 Å². The topological polar surface area (TPSA) is 29.9 Å². The highest BCUT2D eigenvalue weighted by atomic mass is 32.1. The second kappa shape index (κ2) is 4.96. The summed E-state index contributed by atoms with van der Waals surface area (Å²) in [6.07, 6.45) is 0. The van der Waals surface area contributed by atoms with Gasteiger partial charge in [-0.1, -0.05) is 6.07 Å². The fourth-order valence-electron chi connectivity index (χ4n) is 2.30. The van der Waals surface area contributed by atoms with Crippen molar-refractivity contribution in [2.24, 2.45) is 0 Å². The number of hydrogen-bond donors (Lipinski definition) is 1. The average molecular weight is 306 g/mol. The molecule has 3 nitrogen and oxygen atoms in total. The van der Waals surface area contributed by atoms with Crippen molar-refractivity contribution in [3.05, 3.63) is 52.3 Å². The van der Waals surface area contributed by atoms with Gasteiger partial charge in [-0.15, -0.1) is 0 Å². The molecule has 108 valence electrons. The lowest BCUT2D eigenvalue weighted by Crippen LogP contribution is -1.99. The van der Waals surface area contributed by atoms with Gasteiger partial charge in [-0.25, -0.2) is 8.78 Å². The molecular weight excluding hydrogens is 294 g/mol. The number of fused-ring (bicyclic) bond motifs is 1. The first kappa shape index (κ1) is 13.8. The van der Waals surface area contributed by atoms with Crippen LogP contribution in [0.4, 0.5) is 8.78 Å². The zero-order valence-corrected chi connectivity index (χ0v) is 12.2. The third-order valence-electron chi connectivity index (χ3n) is 3.30. The highest BCUT2D eigenvalue weighted by molar-refractivity contribution is 7.71. The lowest BCUT2D eigenvalue weighted by atomic mass is 10.2. The fraction of sp³-hybridized carbons (Fsp3) is 0.133. The largest absolute Gasteiger partial charge is 0.494 e. The van der Waals surface area contributed by atoms with Crippen molar-refractivity contribution in [1.29, 1.82) is 0 Å². The maximum absolute atomic E-state index is 14.1. The first-order valence-electron chi connectivity index (χ1n) is 6.26. The number of aromatic amines is 1. The van der Waals surface area contributed by atoms with Crippen molar-refractivity contribution in [1.82, 2.24) is 9.55 Å². The lowest BCUT2D eigenvalue weighted by molar-refractivity contribution is 0.387. The number of aromatic nitrogens is 2. The smallest absolute Gasteiger partial charge is 0.182 e. The van der Waals surface area contributed by atoms with Crippen LogP contribution in [-0.2, 0) is 0 Å². The maximum Gasteiger partial charge on any atom is 0.182 e. The summed E-state index contributed by atoms with van der Waals surface area (Å²) in [5, 5.41) is 0. The van der Waals surface area contributed by atoms with Crippen LogP contribution in [0.5, 0.6) is 5.75 Å². The summed E-state index contributed by atoms with van der Waals surface area (Å²) >= 11 is 5.24. The zero-order valence-electron chi connectivity index (χ0n) is 11.4. The molecule has 2 aromatic carbocycles. The van der Waals surface area contributed by atoms with Gasteiger partial charge in [0.05, 0.1) is 23.8 Å². The molecule has 3 aromatic rings. The van der Waals surface area contributed by atoms with Gasteiger partial charge < -0.3 is 9.72 Å². The fourth-order valence-corrected chi connectivity index (χ4v) is 2.60. The number of imidazole rings is 1. The molecule has 0 saturated heterocycles. The number of benzene rings is 2. The zero-order chi connectivity index (χ0) is 15.1. The standard InChI is InChI=1S/C15H12F2N2OS/c1-8-3-4-9(16)12(5-8)19-13-7-14(20-2)10(17)6-11(13)18-15(19)21/h3-7H,1-2H3,(H,18,21). The van der Waals surface area contributed by atoms with E-state index in [9.17, 15) is 8.78 Å². The van der Waals surface area contributed by atoms with E-state index in [0.29, 0.717) is 21.5 Å². The van der Waals surface area contributed by atoms with Crippen molar-refractivity contribution in [2.75, 3.05) is 7.11 Å². The second-order valence-electron chi connectivity index (χ2n) is 4.72. The molecule has 1 aromatic heterocycles. The van der Waals surface area contributed by atoms with Crippen LogP contribution in [0.1, 0.15) is 5.56 Å². The molecule has 0 spiro atoms. The third-order valence-corrected chi connectivity index (χ3v) is 3.58. The number of H-pyrrole nitrogens is 1. The number of aryl methyl sites for hydroxylation is 1. The van der Waals surface area contributed by atoms with Crippen molar-refractivity contribution in [2.45, 2.75) is 6.92 Å². The van der Waals surface area contributed by atoms with E-state index in [4.69, 9.17) is 17.0 Å². The predicted octanol–water partition coefficient (Wildman–Crippen LogP) is 4.28. The van der Waals surface area contributed by atoms with E-state index in [2.05, 4.69) is 4.98 Å². The number of methoxy groups -OCH3 is 1. The summed E-state index contributed by atoms with van der Waals surface area (Å²) in [4.78, 5) is 2.88. The normalized spacial score (nSPS) is 11.0. The molecule has 0 fully saturated rings. The van der Waals surface area contributed by atoms with Crippen LogP contribution >= 0.6 is 12.2 Å². The lowest BCUT2D eigenvalue weighted by Gasteiger charge is -2.08. The van der Waals surface area contributed by atoms with Crippen LogP contribution in [0, 0.1) is 23.3 Å². The highest BCUT2D eigenvalue weighted by Crippen LogP contribution is 2.28. The maximum atomic E-state index is 14.1. The number of hydrogen-bond acceptors (Lipinski definition) is 2. The molecule has 1 heterocycles. The average Bonchev–Trinajstić information content (AvgIpc) is 2.75. The van der Waals surface area contributed by atoms with E-state index in [1.54, 1.807) is 12.1 Å². The first-order chi connectivity index (χ1) is 10.0. The van der Waals surface area contributed by atoms with Crippen LogP contribution in [0.2, 0.25) is 0 Å². The van der Waals surface area contributed by atoms with Crippen molar-refractivity contribution in [3.8, 4) is 11.4 Å². The Morgan fingerprint density at radius 3 is 2.62 bits per heavy atom. The molecule has 21 heavy (non-hydrogen) atoms. The summed E-state index contributed by atoms with van der Waals surface area (Å²) in [6, 6.07) is 7.53. The number of halogens is 2. The Labute approximate surface area is 124 Å². The number of nitrogens with zero attached hydrogens (tertiary/aromatic N) is 1. The van der Waals surface area contributed by atoms with E-state index in [-0.39, 0.29) is 5.75 Å². The number of rotatable bonds is 2. The van der Waals surface area contributed by atoms with Gasteiger partial charge in [-0.2, -0.15) is 0 Å². The molecule has 0 unspecified atom stereocenters. The molecular formula is C15H12F2N2OS. The minimum absolute atomic E-state index is 0.0818. The predicted molar refractivity (Wildman–Crippen MR) is 79.7 cm³/mol. The minimum atomic E-state index is -0.502. The molecule has 0 aliphatic rings. The van der Waals surface area contributed by atoms with Gasteiger partial charge >= 0.3 is 0 Å². The van der Waals surface area contributed by atoms with E-state index in [1.165, 1.54) is 29.9 Å². The van der Waals surface area contributed by atoms with E-state index in [1.807, 2.05) is 6.92 Å². The molecule has 0 aliphatic heterocycles. The summed E-state index contributed by atoms with van der Waals surface area (Å²) in [5.74, 6) is -0.822. The summed E-state index contributed by atoms with van der Waals surface area (Å²) < 4.78 is 34.7. The van der Waals surface area contributed by atoms with Crippen molar-refractivity contribution >= 4 is 23.3 Å². The summed E-state index contributed by atoms with van der Waals surface area (Å²) in [5.41, 5.74) is 2.26. The van der Waals surface area contributed by atoms with Gasteiger partial charge in [0.1, 0.15) is 5.82 Å². The molecule has 6 heteroatoms. The number of ether oxygens (including phenoxy) is 1. The van der Waals surface area contributed by atoms with Crippen LogP contribution in [0.25, 0.3) is 16.7 Å². The summed E-state index contributed by atoms with van der Waals surface area (Å²) in [7, 11) is 1.38. The van der Waals surface area contributed by atoms with E-state index < -0.39 is 11.6 Å². The van der Waals surface area contributed by atoms with Crippen LogP contribution < -0.4 is 4.74 Å². The van der Waals surface area contributed by atoms with Crippen molar-refractivity contribution < 1.29 is 13.5 Å². The van der Waals surface area contributed by atoms with Gasteiger partial charge in [0.25, 0.3) is 0 Å². The molecule has 0 amide bonds. The Bertz CT molecular complexity index is 899. The molecule has 0 radical (unpaired) electrons. The monoisotopic (exact) mass is 306 g/mol. The van der Waals surface area contributed by atoms with Gasteiger partial charge in [-0.05, 0) is 36.8 Å². The Balaban J connectivity index is 2.39. The second-order valence-corrected chi connectivity index (χ2v) is 5.11.